The van der Waals surface area contributed by atoms with Gasteiger partial charge in [-0.2, -0.15) is 0 Å². The summed E-state index contributed by atoms with van der Waals surface area (Å²) >= 11 is 0. The lowest BCUT2D eigenvalue weighted by atomic mass is 10.2. The molecule has 0 aliphatic heterocycles. The third kappa shape index (κ3) is 4.44. The number of pyridine rings is 1. The monoisotopic (exact) mass is 303 g/mol. The maximum Gasteiger partial charge on any atom is 0.269 e. The molecule has 0 aliphatic rings. The standard InChI is InChI=1S/C11H17N3O5S/c1-2-19-7-5-8(12)10(15)14-20(17,18)9-4-3-6-13-11(9)16/h3-4,6,8H,2,5,7,12H2,1H3,(H,13,16)(H,14,15). The van der Waals surface area contributed by atoms with Crippen LogP contribution in [0.2, 0.25) is 0 Å². The summed E-state index contributed by atoms with van der Waals surface area (Å²) < 4.78 is 30.5. The van der Waals surface area contributed by atoms with Crippen molar-refractivity contribution in [3.63, 3.8) is 0 Å². The van der Waals surface area contributed by atoms with Crippen LogP contribution in [-0.4, -0.2) is 38.6 Å². The maximum atomic E-state index is 11.9. The summed E-state index contributed by atoms with van der Waals surface area (Å²) in [5.41, 5.74) is 4.73. The molecule has 0 radical (unpaired) electrons. The normalized spacial score (nSPS) is 12.9. The first kappa shape index (κ1) is 16.3. The van der Waals surface area contributed by atoms with Gasteiger partial charge in [0.15, 0.2) is 4.90 Å². The van der Waals surface area contributed by atoms with Crippen LogP contribution in [0.4, 0.5) is 0 Å². The molecule has 0 saturated carbocycles. The number of hydrogen-bond donors (Lipinski definition) is 3. The second kappa shape index (κ2) is 7.17. The van der Waals surface area contributed by atoms with Gasteiger partial charge in [-0.05, 0) is 25.5 Å². The number of nitrogens with two attached hydrogens (primary N) is 1. The van der Waals surface area contributed by atoms with Gasteiger partial charge in [0.05, 0.1) is 6.04 Å². The molecule has 0 aliphatic carbocycles. The first-order valence-electron chi connectivity index (χ1n) is 5.96. The van der Waals surface area contributed by atoms with Crippen molar-refractivity contribution >= 4 is 15.9 Å². The molecule has 8 nitrogen and oxygen atoms in total. The van der Waals surface area contributed by atoms with Gasteiger partial charge >= 0.3 is 0 Å². The summed E-state index contributed by atoms with van der Waals surface area (Å²) in [5.74, 6) is -0.882. The van der Waals surface area contributed by atoms with Crippen LogP contribution in [0.1, 0.15) is 13.3 Å². The van der Waals surface area contributed by atoms with Crippen molar-refractivity contribution in [1.29, 1.82) is 0 Å². The second-order valence-corrected chi connectivity index (χ2v) is 5.58. The Morgan fingerprint density at radius 3 is 2.85 bits per heavy atom. The number of aromatic amines is 1. The lowest BCUT2D eigenvalue weighted by molar-refractivity contribution is -0.121. The number of hydrogen-bond acceptors (Lipinski definition) is 6. The van der Waals surface area contributed by atoms with Gasteiger partial charge in [0.25, 0.3) is 21.5 Å². The van der Waals surface area contributed by atoms with E-state index in [0.29, 0.717) is 6.61 Å². The fraction of sp³-hybridized carbons (Fsp3) is 0.455. The highest BCUT2D eigenvalue weighted by Crippen LogP contribution is 2.01. The van der Waals surface area contributed by atoms with Crippen molar-refractivity contribution < 1.29 is 17.9 Å². The van der Waals surface area contributed by atoms with Gasteiger partial charge in [-0.25, -0.2) is 13.1 Å². The molecular weight excluding hydrogens is 286 g/mol. The minimum atomic E-state index is -4.23. The number of carbonyl (C=O) groups is 1. The number of aromatic nitrogens is 1. The van der Waals surface area contributed by atoms with Crippen LogP contribution in [0.3, 0.4) is 0 Å². The van der Waals surface area contributed by atoms with Crippen LogP contribution in [0.5, 0.6) is 0 Å². The number of H-pyrrole nitrogens is 1. The minimum absolute atomic E-state index is 0.181. The minimum Gasteiger partial charge on any atom is -0.382 e. The van der Waals surface area contributed by atoms with Crippen molar-refractivity contribution in [1.82, 2.24) is 9.71 Å². The van der Waals surface area contributed by atoms with E-state index in [4.69, 9.17) is 10.5 Å². The van der Waals surface area contributed by atoms with Gasteiger partial charge in [0, 0.05) is 19.4 Å². The van der Waals surface area contributed by atoms with Gasteiger partial charge in [0.1, 0.15) is 0 Å². The fourth-order valence-electron chi connectivity index (χ4n) is 1.37. The van der Waals surface area contributed by atoms with Crippen LogP contribution < -0.4 is 16.0 Å². The molecule has 112 valence electrons. The smallest absolute Gasteiger partial charge is 0.269 e. The van der Waals surface area contributed by atoms with E-state index < -0.39 is 32.4 Å². The Bertz CT molecular complexity index is 610. The van der Waals surface area contributed by atoms with Crippen LogP contribution >= 0.6 is 0 Å². The lowest BCUT2D eigenvalue weighted by Crippen LogP contribution is -2.44. The zero-order chi connectivity index (χ0) is 15.2. The predicted octanol–water partition coefficient (Wildman–Crippen LogP) is -1.07. The molecule has 1 heterocycles. The summed E-state index contributed by atoms with van der Waals surface area (Å²) in [7, 11) is -4.23. The highest BCUT2D eigenvalue weighted by molar-refractivity contribution is 7.90. The maximum absolute atomic E-state index is 11.9. The van der Waals surface area contributed by atoms with E-state index in [1.165, 1.54) is 12.3 Å². The lowest BCUT2D eigenvalue weighted by Gasteiger charge is -2.12. The summed E-state index contributed by atoms with van der Waals surface area (Å²) in [6.07, 6.45) is 1.47. The van der Waals surface area contributed by atoms with Gasteiger partial charge in [-0.3, -0.25) is 9.59 Å². The fourth-order valence-corrected chi connectivity index (χ4v) is 2.45. The Labute approximate surface area is 116 Å². The second-order valence-electron chi connectivity index (χ2n) is 3.93. The summed E-state index contributed by atoms with van der Waals surface area (Å²) in [5, 5.41) is 0. The molecule has 4 N–H and O–H groups in total. The number of nitrogens with one attached hydrogen (secondary N) is 2. The molecular formula is C11H17N3O5S. The quantitative estimate of drug-likeness (QED) is 0.550. The van der Waals surface area contributed by atoms with Gasteiger partial charge < -0.3 is 15.5 Å². The van der Waals surface area contributed by atoms with Crippen molar-refractivity contribution in [2.75, 3.05) is 13.2 Å². The molecule has 1 atom stereocenters. The predicted molar refractivity (Wildman–Crippen MR) is 71.5 cm³/mol. The summed E-state index contributed by atoms with van der Waals surface area (Å²) in [6, 6.07) is 1.41. The van der Waals surface area contributed by atoms with Crippen molar-refractivity contribution in [3.05, 3.63) is 28.7 Å². The largest absolute Gasteiger partial charge is 0.382 e. The van der Waals surface area contributed by atoms with Crippen LogP contribution in [0.15, 0.2) is 28.0 Å². The number of ether oxygens (including phenoxy) is 1. The van der Waals surface area contributed by atoms with Crippen LogP contribution in [0, 0.1) is 0 Å². The SMILES string of the molecule is CCOCCC(N)C(=O)NS(=O)(=O)c1ccc[nH]c1=O. The zero-order valence-corrected chi connectivity index (χ0v) is 11.8. The average molecular weight is 303 g/mol. The van der Waals surface area contributed by atoms with E-state index in [9.17, 15) is 18.0 Å². The zero-order valence-electron chi connectivity index (χ0n) is 11.0. The third-order valence-electron chi connectivity index (χ3n) is 2.42. The van der Waals surface area contributed by atoms with E-state index in [1.54, 1.807) is 11.6 Å². The highest BCUT2D eigenvalue weighted by Gasteiger charge is 2.23. The Hall–Kier alpha value is -1.71. The molecule has 0 fully saturated rings. The molecule has 0 bridgehead atoms. The Balaban J connectivity index is 2.74. The number of carbonyl (C=O) groups excluding carboxylic acids is 1. The van der Waals surface area contributed by atoms with E-state index in [1.807, 2.05) is 0 Å². The molecule has 20 heavy (non-hydrogen) atoms. The molecule has 0 spiro atoms. The van der Waals surface area contributed by atoms with E-state index in [2.05, 4.69) is 4.98 Å². The van der Waals surface area contributed by atoms with Gasteiger partial charge in [-0.1, -0.05) is 0 Å². The Kier molecular flexibility index (Phi) is 5.86. The molecule has 1 rings (SSSR count). The molecule has 1 unspecified atom stereocenters. The highest BCUT2D eigenvalue weighted by atomic mass is 32.2. The van der Waals surface area contributed by atoms with Crippen LogP contribution in [-0.2, 0) is 19.6 Å². The molecule has 0 saturated heterocycles. The van der Waals surface area contributed by atoms with Crippen molar-refractivity contribution in [2.45, 2.75) is 24.3 Å². The first-order valence-corrected chi connectivity index (χ1v) is 7.44. The van der Waals surface area contributed by atoms with E-state index >= 15 is 0 Å². The number of amides is 1. The Morgan fingerprint density at radius 2 is 2.25 bits per heavy atom. The average Bonchev–Trinajstić information content (AvgIpc) is 2.38. The third-order valence-corrected chi connectivity index (χ3v) is 3.79. The van der Waals surface area contributed by atoms with Gasteiger partial charge in [0.2, 0.25) is 0 Å². The summed E-state index contributed by atoms with van der Waals surface area (Å²) in [4.78, 5) is 24.7. The van der Waals surface area contributed by atoms with E-state index in [0.717, 1.165) is 6.07 Å². The topological polar surface area (TPSA) is 131 Å². The number of rotatable bonds is 7. The molecule has 1 aromatic rings. The van der Waals surface area contributed by atoms with E-state index in [-0.39, 0.29) is 13.0 Å². The molecule has 0 aromatic carbocycles. The van der Waals surface area contributed by atoms with Crippen LogP contribution in [0.25, 0.3) is 0 Å². The number of sulfonamides is 1. The molecule has 1 aromatic heterocycles. The first-order chi connectivity index (χ1) is 9.38. The molecule has 9 heteroatoms. The van der Waals surface area contributed by atoms with Gasteiger partial charge in [-0.15, -0.1) is 0 Å². The van der Waals surface area contributed by atoms with Crippen molar-refractivity contribution in [2.24, 2.45) is 5.73 Å². The Morgan fingerprint density at radius 1 is 1.55 bits per heavy atom. The van der Waals surface area contributed by atoms with Crippen molar-refractivity contribution in [3.8, 4) is 0 Å². The molecule has 1 amide bonds. The summed E-state index contributed by atoms with van der Waals surface area (Å²) in [6.45, 7) is 2.51.